The molecule has 18 heavy (non-hydrogen) atoms. The summed E-state index contributed by atoms with van der Waals surface area (Å²) in [7, 11) is 0. The molecule has 1 saturated carbocycles. The molecule has 0 aromatic heterocycles. The molecular weight excluding hydrogens is 222 g/mol. The van der Waals surface area contributed by atoms with Crippen LogP contribution < -0.4 is 0 Å². The van der Waals surface area contributed by atoms with Gasteiger partial charge in [0, 0.05) is 13.1 Å². The highest BCUT2D eigenvalue weighted by molar-refractivity contribution is 5.27. The van der Waals surface area contributed by atoms with Crippen LogP contribution in [0, 0.1) is 12.8 Å². The fourth-order valence-electron chi connectivity index (χ4n) is 2.47. The van der Waals surface area contributed by atoms with Crippen molar-refractivity contribution in [3.05, 3.63) is 35.4 Å². The zero-order chi connectivity index (χ0) is 13.0. The van der Waals surface area contributed by atoms with Crippen LogP contribution in [-0.4, -0.2) is 29.6 Å². The lowest BCUT2D eigenvalue weighted by molar-refractivity contribution is 0.141. The third kappa shape index (κ3) is 3.82. The van der Waals surface area contributed by atoms with Gasteiger partial charge in [-0.3, -0.25) is 0 Å². The summed E-state index contributed by atoms with van der Waals surface area (Å²) in [5.74, 6) is 0.931. The van der Waals surface area contributed by atoms with Crippen LogP contribution in [0.1, 0.15) is 43.4 Å². The Balaban J connectivity index is 1.82. The van der Waals surface area contributed by atoms with Crippen molar-refractivity contribution >= 4 is 0 Å². The predicted octanol–water partition coefficient (Wildman–Crippen LogP) is 3.15. The number of nitrogens with zero attached hydrogens (tertiary/aromatic N) is 1. The van der Waals surface area contributed by atoms with Gasteiger partial charge < -0.3 is 10.0 Å². The van der Waals surface area contributed by atoms with Crippen LogP contribution in [0.25, 0.3) is 0 Å². The quantitative estimate of drug-likeness (QED) is 0.800. The summed E-state index contributed by atoms with van der Waals surface area (Å²) in [4.78, 5) is 2.47. The van der Waals surface area contributed by atoms with Gasteiger partial charge in [0.05, 0.1) is 6.10 Å². The molecule has 0 saturated heterocycles. The number of aliphatic hydroxyl groups is 1. The summed E-state index contributed by atoms with van der Waals surface area (Å²) in [6.07, 6.45) is 3.32. The number of hydrogen-bond acceptors (Lipinski definition) is 2. The van der Waals surface area contributed by atoms with E-state index in [1.54, 1.807) is 0 Å². The fourth-order valence-corrected chi connectivity index (χ4v) is 2.47. The van der Waals surface area contributed by atoms with Gasteiger partial charge in [0.1, 0.15) is 0 Å². The number of rotatable bonds is 7. The molecule has 100 valence electrons. The first-order valence-electron chi connectivity index (χ1n) is 7.16. The molecule has 1 unspecified atom stereocenters. The topological polar surface area (TPSA) is 23.5 Å². The van der Waals surface area contributed by atoms with Crippen molar-refractivity contribution in [2.24, 2.45) is 5.92 Å². The fraction of sp³-hybridized carbons (Fsp3) is 0.625. The van der Waals surface area contributed by atoms with Crippen molar-refractivity contribution in [2.45, 2.75) is 39.2 Å². The Hall–Kier alpha value is -0.860. The normalized spacial score (nSPS) is 17.1. The zero-order valence-electron chi connectivity index (χ0n) is 11.6. The highest BCUT2D eigenvalue weighted by Gasteiger charge is 2.23. The first-order valence-corrected chi connectivity index (χ1v) is 7.16. The lowest BCUT2D eigenvalue weighted by atomic mass is 10.0. The Morgan fingerprint density at radius 2 is 2.06 bits per heavy atom. The molecule has 2 rings (SSSR count). The lowest BCUT2D eigenvalue weighted by Crippen LogP contribution is -2.28. The average Bonchev–Trinajstić information content (AvgIpc) is 3.18. The third-order valence-corrected chi connectivity index (χ3v) is 3.93. The Morgan fingerprint density at radius 1 is 1.33 bits per heavy atom. The van der Waals surface area contributed by atoms with E-state index in [4.69, 9.17) is 0 Å². The highest BCUT2D eigenvalue weighted by atomic mass is 16.3. The van der Waals surface area contributed by atoms with E-state index in [0.29, 0.717) is 0 Å². The van der Waals surface area contributed by atoms with Crippen molar-refractivity contribution in [3.8, 4) is 0 Å². The molecule has 2 heteroatoms. The van der Waals surface area contributed by atoms with E-state index in [1.807, 2.05) is 18.2 Å². The van der Waals surface area contributed by atoms with Gasteiger partial charge in [-0.05, 0) is 49.8 Å². The second-order valence-corrected chi connectivity index (χ2v) is 5.50. The van der Waals surface area contributed by atoms with E-state index < -0.39 is 0 Å². The molecule has 1 atom stereocenters. The first-order chi connectivity index (χ1) is 8.70. The van der Waals surface area contributed by atoms with E-state index in [-0.39, 0.29) is 6.10 Å². The number of aryl methyl sites for hydroxylation is 1. The Labute approximate surface area is 111 Å². The summed E-state index contributed by atoms with van der Waals surface area (Å²) in [6, 6.07) is 8.14. The van der Waals surface area contributed by atoms with Crippen LogP contribution in [0.4, 0.5) is 0 Å². The molecule has 1 N–H and O–H groups in total. The van der Waals surface area contributed by atoms with Gasteiger partial charge in [0.25, 0.3) is 0 Å². The highest BCUT2D eigenvalue weighted by Crippen LogP contribution is 2.30. The van der Waals surface area contributed by atoms with Crippen LogP contribution in [0.15, 0.2) is 24.3 Å². The molecule has 1 aromatic rings. The van der Waals surface area contributed by atoms with Crippen molar-refractivity contribution in [1.82, 2.24) is 4.90 Å². The largest absolute Gasteiger partial charge is 0.388 e. The number of hydrogen-bond donors (Lipinski definition) is 1. The SMILES string of the molecule is CCN(CCC(O)c1ccccc1C)CC1CC1. The van der Waals surface area contributed by atoms with Crippen molar-refractivity contribution < 1.29 is 5.11 Å². The van der Waals surface area contributed by atoms with E-state index in [1.165, 1.54) is 24.9 Å². The maximum Gasteiger partial charge on any atom is 0.0804 e. The second kappa shape index (κ2) is 6.35. The molecule has 0 spiro atoms. The summed E-state index contributed by atoms with van der Waals surface area (Å²) in [5, 5.41) is 10.3. The first kappa shape index (κ1) is 13.6. The molecule has 0 aliphatic heterocycles. The van der Waals surface area contributed by atoms with Gasteiger partial charge in [-0.25, -0.2) is 0 Å². The molecular formula is C16H25NO. The summed E-state index contributed by atoms with van der Waals surface area (Å²) < 4.78 is 0. The summed E-state index contributed by atoms with van der Waals surface area (Å²) in [5.41, 5.74) is 2.27. The maximum atomic E-state index is 10.3. The van der Waals surface area contributed by atoms with E-state index in [9.17, 15) is 5.11 Å². The molecule has 0 radical (unpaired) electrons. The molecule has 1 fully saturated rings. The standard InChI is InChI=1S/C16H25NO/c1-3-17(12-14-8-9-14)11-10-16(18)15-7-5-4-6-13(15)2/h4-7,14,16,18H,3,8-12H2,1-2H3. The van der Waals surface area contributed by atoms with Gasteiger partial charge >= 0.3 is 0 Å². The molecule has 0 heterocycles. The Morgan fingerprint density at radius 3 is 2.67 bits per heavy atom. The Bertz CT molecular complexity index is 373. The minimum absolute atomic E-state index is 0.320. The molecule has 2 nitrogen and oxygen atoms in total. The lowest BCUT2D eigenvalue weighted by Gasteiger charge is -2.22. The molecule has 1 aliphatic carbocycles. The smallest absolute Gasteiger partial charge is 0.0804 e. The van der Waals surface area contributed by atoms with Crippen LogP contribution in [0.2, 0.25) is 0 Å². The minimum Gasteiger partial charge on any atom is -0.388 e. The number of benzene rings is 1. The van der Waals surface area contributed by atoms with Crippen LogP contribution in [0.5, 0.6) is 0 Å². The van der Waals surface area contributed by atoms with Gasteiger partial charge in [-0.2, -0.15) is 0 Å². The summed E-state index contributed by atoms with van der Waals surface area (Å²) >= 11 is 0. The van der Waals surface area contributed by atoms with Gasteiger partial charge in [-0.1, -0.05) is 31.2 Å². The molecule has 0 bridgehead atoms. The van der Waals surface area contributed by atoms with Crippen LogP contribution >= 0.6 is 0 Å². The van der Waals surface area contributed by atoms with Crippen molar-refractivity contribution in [2.75, 3.05) is 19.6 Å². The van der Waals surface area contributed by atoms with Crippen molar-refractivity contribution in [1.29, 1.82) is 0 Å². The van der Waals surface area contributed by atoms with Gasteiger partial charge in [0.2, 0.25) is 0 Å². The minimum atomic E-state index is -0.320. The van der Waals surface area contributed by atoms with Crippen LogP contribution in [-0.2, 0) is 0 Å². The maximum absolute atomic E-state index is 10.3. The number of aliphatic hydroxyl groups excluding tert-OH is 1. The molecule has 0 amide bonds. The summed E-state index contributed by atoms with van der Waals surface area (Å²) in [6.45, 7) is 7.60. The van der Waals surface area contributed by atoms with Crippen LogP contribution in [0.3, 0.4) is 0 Å². The Kier molecular flexibility index (Phi) is 4.79. The third-order valence-electron chi connectivity index (χ3n) is 3.93. The predicted molar refractivity (Wildman–Crippen MR) is 75.6 cm³/mol. The van der Waals surface area contributed by atoms with Gasteiger partial charge in [0.15, 0.2) is 0 Å². The van der Waals surface area contributed by atoms with E-state index in [0.717, 1.165) is 31.0 Å². The molecule has 1 aromatic carbocycles. The molecule has 1 aliphatic rings. The van der Waals surface area contributed by atoms with E-state index >= 15 is 0 Å². The van der Waals surface area contributed by atoms with Gasteiger partial charge in [-0.15, -0.1) is 0 Å². The monoisotopic (exact) mass is 247 g/mol. The zero-order valence-corrected chi connectivity index (χ0v) is 11.6. The van der Waals surface area contributed by atoms with E-state index in [2.05, 4.69) is 24.8 Å². The second-order valence-electron chi connectivity index (χ2n) is 5.50. The average molecular weight is 247 g/mol. The van der Waals surface area contributed by atoms with Crippen molar-refractivity contribution in [3.63, 3.8) is 0 Å².